The van der Waals surface area contributed by atoms with E-state index in [2.05, 4.69) is 27.0 Å². The number of hydrogen-bond donors (Lipinski definition) is 1. The number of rotatable bonds is 6. The zero-order valence-corrected chi connectivity index (χ0v) is 14.4. The number of hydrogen-bond acceptors (Lipinski definition) is 4. The lowest BCUT2D eigenvalue weighted by molar-refractivity contribution is 0.0320. The van der Waals surface area contributed by atoms with Crippen molar-refractivity contribution in [1.29, 1.82) is 0 Å². The number of nitrogens with zero attached hydrogens (tertiary/aromatic N) is 3. The van der Waals surface area contributed by atoms with Gasteiger partial charge in [0.1, 0.15) is 0 Å². The monoisotopic (exact) mass is 312 g/mol. The van der Waals surface area contributed by atoms with Crippen molar-refractivity contribution in [1.82, 2.24) is 15.1 Å². The summed E-state index contributed by atoms with van der Waals surface area (Å²) in [6, 6.07) is 0. The Morgan fingerprint density at radius 3 is 2.82 bits per heavy atom. The van der Waals surface area contributed by atoms with Gasteiger partial charge in [-0.3, -0.25) is 9.89 Å². The van der Waals surface area contributed by atoms with E-state index in [-0.39, 0.29) is 0 Å². The highest BCUT2D eigenvalue weighted by Crippen LogP contribution is 2.16. The molecule has 0 bridgehead atoms. The second kappa shape index (κ2) is 9.33. The van der Waals surface area contributed by atoms with Crippen LogP contribution < -0.4 is 5.32 Å². The highest BCUT2D eigenvalue weighted by Gasteiger charge is 2.25. The summed E-state index contributed by atoms with van der Waals surface area (Å²) in [4.78, 5) is 9.28. The quantitative estimate of drug-likeness (QED) is 0.572. The van der Waals surface area contributed by atoms with Crippen molar-refractivity contribution < 1.29 is 9.47 Å². The molecule has 1 N–H and O–H groups in total. The molecule has 2 rings (SSSR count). The normalized spacial score (nSPS) is 25.5. The van der Waals surface area contributed by atoms with Gasteiger partial charge < -0.3 is 19.7 Å². The Labute approximate surface area is 134 Å². The molecule has 2 aliphatic rings. The number of guanidine groups is 1. The van der Waals surface area contributed by atoms with E-state index in [9.17, 15) is 0 Å². The Balaban J connectivity index is 1.69. The fourth-order valence-corrected chi connectivity index (χ4v) is 3.28. The fraction of sp³-hybridized carbons (Fsp3) is 0.938. The summed E-state index contributed by atoms with van der Waals surface area (Å²) in [7, 11) is 3.65. The van der Waals surface area contributed by atoms with Gasteiger partial charge in [-0.05, 0) is 12.3 Å². The number of morpholine rings is 1. The highest BCUT2D eigenvalue weighted by atomic mass is 16.5. The van der Waals surface area contributed by atoms with Crippen molar-refractivity contribution in [2.45, 2.75) is 13.3 Å². The lowest BCUT2D eigenvalue weighted by Crippen LogP contribution is -2.45. The van der Waals surface area contributed by atoms with Crippen LogP contribution in [-0.4, -0.2) is 89.0 Å². The number of likely N-dealkylation sites (tertiary alicyclic amines) is 1. The lowest BCUT2D eigenvalue weighted by Gasteiger charge is -2.30. The first-order valence-electron chi connectivity index (χ1n) is 8.47. The molecule has 22 heavy (non-hydrogen) atoms. The van der Waals surface area contributed by atoms with E-state index in [1.165, 1.54) is 6.42 Å². The Kier molecular flexibility index (Phi) is 7.42. The predicted molar refractivity (Wildman–Crippen MR) is 89.3 cm³/mol. The molecule has 6 nitrogen and oxygen atoms in total. The average Bonchev–Trinajstić information content (AvgIpc) is 2.98. The maximum atomic E-state index is 5.40. The van der Waals surface area contributed by atoms with Crippen LogP contribution in [0.1, 0.15) is 13.3 Å². The van der Waals surface area contributed by atoms with E-state index in [0.717, 1.165) is 65.0 Å². The first-order valence-corrected chi connectivity index (χ1v) is 8.47. The first-order chi connectivity index (χ1) is 10.7. The van der Waals surface area contributed by atoms with E-state index < -0.39 is 0 Å². The molecule has 0 aromatic heterocycles. The van der Waals surface area contributed by atoms with Gasteiger partial charge >= 0.3 is 0 Å². The third kappa shape index (κ3) is 5.41. The van der Waals surface area contributed by atoms with Crippen LogP contribution in [0.25, 0.3) is 0 Å². The van der Waals surface area contributed by atoms with Gasteiger partial charge in [0.15, 0.2) is 5.96 Å². The Hall–Kier alpha value is -0.850. The molecular formula is C16H32N4O2. The summed E-state index contributed by atoms with van der Waals surface area (Å²) in [6.07, 6.45) is 1.19. The van der Waals surface area contributed by atoms with Gasteiger partial charge in [-0.15, -0.1) is 0 Å². The molecule has 128 valence electrons. The number of methoxy groups -OCH3 is 1. The maximum Gasteiger partial charge on any atom is 0.193 e. The molecule has 0 spiro atoms. The van der Waals surface area contributed by atoms with E-state index >= 15 is 0 Å². The van der Waals surface area contributed by atoms with Crippen LogP contribution >= 0.6 is 0 Å². The summed E-state index contributed by atoms with van der Waals surface area (Å²) < 4.78 is 10.7. The summed E-state index contributed by atoms with van der Waals surface area (Å²) in [5.41, 5.74) is 0. The van der Waals surface area contributed by atoms with Gasteiger partial charge in [0.2, 0.25) is 0 Å². The summed E-state index contributed by atoms with van der Waals surface area (Å²) >= 11 is 0. The van der Waals surface area contributed by atoms with E-state index in [1.54, 1.807) is 7.11 Å². The van der Waals surface area contributed by atoms with Crippen LogP contribution in [-0.2, 0) is 9.47 Å². The van der Waals surface area contributed by atoms with E-state index in [4.69, 9.17) is 9.47 Å². The minimum absolute atomic E-state index is 0.604. The molecule has 2 saturated heterocycles. The van der Waals surface area contributed by atoms with Crippen molar-refractivity contribution in [3.05, 3.63) is 0 Å². The Bertz CT molecular complexity index is 345. The molecule has 0 aromatic carbocycles. The zero-order chi connectivity index (χ0) is 15.8. The second-order valence-electron chi connectivity index (χ2n) is 6.50. The summed E-state index contributed by atoms with van der Waals surface area (Å²) in [5.74, 6) is 2.27. The summed E-state index contributed by atoms with van der Waals surface area (Å²) in [5, 5.41) is 3.54. The molecule has 2 unspecified atom stereocenters. The largest absolute Gasteiger partial charge is 0.384 e. The molecule has 0 radical (unpaired) electrons. The SMILES string of the molecule is CN=C(NCC(C)CN1CCOCC1)N1CCC(COC)C1. The van der Waals surface area contributed by atoms with Crippen molar-refractivity contribution in [2.24, 2.45) is 16.8 Å². The third-order valence-corrected chi connectivity index (χ3v) is 4.48. The molecule has 2 aliphatic heterocycles. The van der Waals surface area contributed by atoms with Gasteiger partial charge in [0, 0.05) is 59.3 Å². The molecule has 6 heteroatoms. The Morgan fingerprint density at radius 1 is 1.36 bits per heavy atom. The predicted octanol–water partition coefficient (Wildman–Crippen LogP) is 0.498. The third-order valence-electron chi connectivity index (χ3n) is 4.48. The highest BCUT2D eigenvalue weighted by molar-refractivity contribution is 5.80. The molecular weight excluding hydrogens is 280 g/mol. The lowest BCUT2D eigenvalue weighted by atomic mass is 10.1. The molecule has 2 heterocycles. The second-order valence-corrected chi connectivity index (χ2v) is 6.50. The minimum Gasteiger partial charge on any atom is -0.384 e. The number of ether oxygens (including phenoxy) is 2. The average molecular weight is 312 g/mol. The number of nitrogens with one attached hydrogen (secondary N) is 1. The zero-order valence-electron chi connectivity index (χ0n) is 14.4. The van der Waals surface area contributed by atoms with Crippen LogP contribution in [0.2, 0.25) is 0 Å². The van der Waals surface area contributed by atoms with Crippen molar-refractivity contribution >= 4 is 5.96 Å². The van der Waals surface area contributed by atoms with Crippen LogP contribution in [0.3, 0.4) is 0 Å². The van der Waals surface area contributed by atoms with Crippen LogP contribution in [0, 0.1) is 11.8 Å². The molecule has 0 amide bonds. The van der Waals surface area contributed by atoms with E-state index in [1.807, 2.05) is 7.05 Å². The van der Waals surface area contributed by atoms with Gasteiger partial charge in [-0.25, -0.2) is 0 Å². The van der Waals surface area contributed by atoms with Gasteiger partial charge in [0.25, 0.3) is 0 Å². The fourth-order valence-electron chi connectivity index (χ4n) is 3.28. The van der Waals surface area contributed by atoms with Gasteiger partial charge in [-0.1, -0.05) is 6.92 Å². The molecule has 0 aliphatic carbocycles. The topological polar surface area (TPSA) is 49.3 Å². The van der Waals surface area contributed by atoms with Crippen molar-refractivity contribution in [3.63, 3.8) is 0 Å². The number of aliphatic imine (C=N–C) groups is 1. The van der Waals surface area contributed by atoms with E-state index in [0.29, 0.717) is 11.8 Å². The summed E-state index contributed by atoms with van der Waals surface area (Å²) in [6.45, 7) is 11.2. The van der Waals surface area contributed by atoms with Crippen molar-refractivity contribution in [3.8, 4) is 0 Å². The maximum absolute atomic E-state index is 5.40. The smallest absolute Gasteiger partial charge is 0.193 e. The van der Waals surface area contributed by atoms with Crippen molar-refractivity contribution in [2.75, 3.05) is 73.2 Å². The standard InChI is InChI=1S/C16H32N4O2/c1-14(11-19-6-8-22-9-7-19)10-18-16(17-2)20-5-4-15(12-20)13-21-3/h14-15H,4-13H2,1-3H3,(H,17,18). The molecule has 0 saturated carbocycles. The molecule has 2 atom stereocenters. The van der Waals surface area contributed by atoms with Gasteiger partial charge in [-0.2, -0.15) is 0 Å². The van der Waals surface area contributed by atoms with Crippen LogP contribution in [0.4, 0.5) is 0 Å². The molecule has 0 aromatic rings. The Morgan fingerprint density at radius 2 is 2.14 bits per heavy atom. The minimum atomic E-state index is 0.604. The van der Waals surface area contributed by atoms with Gasteiger partial charge in [0.05, 0.1) is 19.8 Å². The van der Waals surface area contributed by atoms with Crippen LogP contribution in [0.15, 0.2) is 4.99 Å². The first kappa shape index (κ1) is 17.5. The molecule has 2 fully saturated rings. The van der Waals surface area contributed by atoms with Crippen LogP contribution in [0.5, 0.6) is 0 Å².